The van der Waals surface area contributed by atoms with Crippen LogP contribution in [0.3, 0.4) is 0 Å². The molecule has 2 N–H and O–H groups in total. The number of nitrogens with zero attached hydrogens (tertiary/aromatic N) is 3. The summed E-state index contributed by atoms with van der Waals surface area (Å²) in [5.74, 6) is -0.485. The molecule has 8 nitrogen and oxygen atoms in total. The summed E-state index contributed by atoms with van der Waals surface area (Å²) in [6.45, 7) is 8.66. The number of thioether (sulfide) groups is 1. The highest BCUT2D eigenvalue weighted by atomic mass is 35.5. The normalized spacial score (nSPS) is 13.9. The number of nitrogens with one attached hydrogen (secondary N) is 2. The van der Waals surface area contributed by atoms with Gasteiger partial charge in [0.25, 0.3) is 11.8 Å². The van der Waals surface area contributed by atoms with Crippen molar-refractivity contribution < 1.29 is 14.3 Å². The number of carbonyl (C=O) groups is 2. The van der Waals surface area contributed by atoms with Crippen LogP contribution in [0.5, 0.6) is 0 Å². The molecule has 0 unspecified atom stereocenters. The molecular weight excluding hydrogens is 509 g/mol. The lowest BCUT2D eigenvalue weighted by molar-refractivity contribution is 0.0454. The van der Waals surface area contributed by atoms with Crippen LogP contribution in [-0.2, 0) is 4.74 Å². The molecule has 1 aliphatic rings. The third-order valence-corrected chi connectivity index (χ3v) is 6.59. The maximum Gasteiger partial charge on any atom is 0.274 e. The van der Waals surface area contributed by atoms with Crippen molar-refractivity contribution in [3.05, 3.63) is 63.4 Å². The molecule has 0 bridgehead atoms. The topological polar surface area (TPSA) is 98.1 Å². The fourth-order valence-electron chi connectivity index (χ4n) is 3.40. The zero-order valence-electron chi connectivity index (χ0n) is 19.7. The van der Waals surface area contributed by atoms with Gasteiger partial charge in [-0.15, -0.1) is 0 Å². The minimum absolute atomic E-state index is 0.227. The molecule has 4 rings (SSSR count). The largest absolute Gasteiger partial charge is 0.379 e. The van der Waals surface area contributed by atoms with E-state index in [0.717, 1.165) is 0 Å². The van der Waals surface area contributed by atoms with Crippen LogP contribution in [0.15, 0.2) is 41.6 Å². The van der Waals surface area contributed by atoms with E-state index in [1.165, 1.54) is 22.5 Å². The molecular formula is C24H25Cl2N5O3S. The van der Waals surface area contributed by atoms with Crippen molar-refractivity contribution in [2.24, 2.45) is 0 Å². The minimum atomic E-state index is -0.472. The Hall–Kier alpha value is -2.59. The van der Waals surface area contributed by atoms with E-state index in [2.05, 4.69) is 20.7 Å². The molecule has 3 heterocycles. The van der Waals surface area contributed by atoms with E-state index in [4.69, 9.17) is 27.9 Å². The van der Waals surface area contributed by atoms with Gasteiger partial charge in [0.15, 0.2) is 5.82 Å². The van der Waals surface area contributed by atoms with E-state index in [-0.39, 0.29) is 22.4 Å². The van der Waals surface area contributed by atoms with E-state index in [1.54, 1.807) is 37.4 Å². The SMILES string of the molecule is Cc1cc(Cl)cc(C(=O)NC(C)(C)C)c1NC(=O)c1cc(SC2COC2)nn1-c1ncccc1Cl. The summed E-state index contributed by atoms with van der Waals surface area (Å²) in [5, 5.41) is 12.0. The number of halogens is 2. The standard InChI is InChI=1S/C24H25Cl2N5O3S/c1-13-8-14(25)9-16(22(32)29-24(2,3)4)20(13)28-23(33)18-10-19(35-15-11-34-12-15)30-31(18)21-17(26)6-5-7-27-21/h5-10,15H,11-12H2,1-4H3,(H,28,33)(H,29,32). The number of carbonyl (C=O) groups excluding carboxylic acids is 2. The summed E-state index contributed by atoms with van der Waals surface area (Å²) < 4.78 is 6.67. The number of benzene rings is 1. The van der Waals surface area contributed by atoms with Gasteiger partial charge in [0, 0.05) is 22.8 Å². The Morgan fingerprint density at radius 3 is 2.54 bits per heavy atom. The number of amides is 2. The van der Waals surface area contributed by atoms with E-state index >= 15 is 0 Å². The zero-order valence-corrected chi connectivity index (χ0v) is 22.0. The van der Waals surface area contributed by atoms with Crippen molar-refractivity contribution in [1.82, 2.24) is 20.1 Å². The van der Waals surface area contributed by atoms with E-state index in [9.17, 15) is 9.59 Å². The van der Waals surface area contributed by atoms with Gasteiger partial charge in [-0.2, -0.15) is 5.10 Å². The summed E-state index contributed by atoms with van der Waals surface area (Å²) in [6.07, 6.45) is 1.58. The number of hydrogen-bond donors (Lipinski definition) is 2. The highest BCUT2D eigenvalue weighted by Gasteiger charge is 2.26. The molecule has 1 aromatic carbocycles. The molecule has 1 saturated heterocycles. The fraction of sp³-hybridized carbons (Fsp3) is 0.333. The first-order chi connectivity index (χ1) is 16.5. The molecule has 0 aliphatic carbocycles. The summed E-state index contributed by atoms with van der Waals surface area (Å²) in [4.78, 5) is 30.9. The maximum atomic E-state index is 13.6. The molecule has 0 saturated carbocycles. The summed E-state index contributed by atoms with van der Waals surface area (Å²) in [7, 11) is 0. The predicted molar refractivity (Wildman–Crippen MR) is 138 cm³/mol. The second kappa shape index (κ2) is 10.2. The average molecular weight is 534 g/mol. The van der Waals surface area contributed by atoms with Gasteiger partial charge in [-0.05, 0) is 57.5 Å². The van der Waals surface area contributed by atoms with Gasteiger partial charge in [0.05, 0.1) is 34.7 Å². The maximum absolute atomic E-state index is 13.6. The third kappa shape index (κ3) is 5.98. The van der Waals surface area contributed by atoms with Crippen LogP contribution in [0.1, 0.15) is 47.2 Å². The Labute approximate surface area is 217 Å². The number of hydrogen-bond acceptors (Lipinski definition) is 6. The van der Waals surface area contributed by atoms with Crippen LogP contribution >= 0.6 is 35.0 Å². The lowest BCUT2D eigenvalue weighted by Crippen LogP contribution is -2.41. The number of aryl methyl sites for hydroxylation is 1. The number of aromatic nitrogens is 3. The van der Waals surface area contributed by atoms with Gasteiger partial charge in [-0.25, -0.2) is 9.67 Å². The average Bonchev–Trinajstić information content (AvgIpc) is 3.15. The van der Waals surface area contributed by atoms with E-state index < -0.39 is 11.4 Å². The highest BCUT2D eigenvalue weighted by molar-refractivity contribution is 8.00. The first-order valence-corrected chi connectivity index (χ1v) is 12.5. The molecule has 2 aromatic heterocycles. The first-order valence-electron chi connectivity index (χ1n) is 10.9. The molecule has 1 aliphatic heterocycles. The molecule has 184 valence electrons. The molecule has 1 fully saturated rings. The summed E-state index contributed by atoms with van der Waals surface area (Å²) >= 11 is 14.1. The highest BCUT2D eigenvalue weighted by Crippen LogP contribution is 2.31. The van der Waals surface area contributed by atoms with Crippen LogP contribution < -0.4 is 10.6 Å². The Bertz CT molecular complexity index is 1280. The molecule has 3 aromatic rings. The monoisotopic (exact) mass is 533 g/mol. The number of anilines is 1. The lowest BCUT2D eigenvalue weighted by Gasteiger charge is -2.23. The Morgan fingerprint density at radius 2 is 1.91 bits per heavy atom. The van der Waals surface area contributed by atoms with Crippen molar-refractivity contribution >= 4 is 52.5 Å². The van der Waals surface area contributed by atoms with Gasteiger partial charge < -0.3 is 15.4 Å². The van der Waals surface area contributed by atoms with Gasteiger partial charge >= 0.3 is 0 Å². The van der Waals surface area contributed by atoms with Gasteiger partial charge in [-0.3, -0.25) is 9.59 Å². The Balaban J connectivity index is 1.72. The number of ether oxygens (including phenoxy) is 1. The summed E-state index contributed by atoms with van der Waals surface area (Å²) in [5.41, 5.74) is 1.03. The lowest BCUT2D eigenvalue weighted by atomic mass is 10.0. The summed E-state index contributed by atoms with van der Waals surface area (Å²) in [6, 6.07) is 8.29. The number of pyridine rings is 1. The van der Waals surface area contributed by atoms with E-state index in [0.29, 0.717) is 45.4 Å². The van der Waals surface area contributed by atoms with Crippen molar-refractivity contribution in [1.29, 1.82) is 0 Å². The molecule has 0 spiro atoms. The molecule has 0 radical (unpaired) electrons. The quantitative estimate of drug-likeness (QED) is 0.454. The van der Waals surface area contributed by atoms with Gasteiger partial charge in [0.2, 0.25) is 0 Å². The van der Waals surface area contributed by atoms with Crippen molar-refractivity contribution in [3.63, 3.8) is 0 Å². The number of rotatable bonds is 6. The predicted octanol–water partition coefficient (Wildman–Crippen LogP) is 5.15. The Kier molecular flexibility index (Phi) is 7.42. The van der Waals surface area contributed by atoms with Crippen LogP contribution in [0.2, 0.25) is 10.0 Å². The van der Waals surface area contributed by atoms with E-state index in [1.807, 2.05) is 20.8 Å². The second-order valence-electron chi connectivity index (χ2n) is 9.17. The van der Waals surface area contributed by atoms with Crippen molar-refractivity contribution in [3.8, 4) is 5.82 Å². The molecule has 11 heteroatoms. The van der Waals surface area contributed by atoms with Crippen LogP contribution in [0, 0.1) is 6.92 Å². The third-order valence-electron chi connectivity index (χ3n) is 5.03. The van der Waals surface area contributed by atoms with Gasteiger partial charge in [0.1, 0.15) is 10.7 Å². The molecule has 35 heavy (non-hydrogen) atoms. The van der Waals surface area contributed by atoms with Crippen molar-refractivity contribution in [2.45, 2.75) is 43.5 Å². The second-order valence-corrected chi connectivity index (χ2v) is 11.3. The van der Waals surface area contributed by atoms with Crippen molar-refractivity contribution in [2.75, 3.05) is 18.5 Å². The smallest absolute Gasteiger partial charge is 0.274 e. The van der Waals surface area contributed by atoms with Gasteiger partial charge in [-0.1, -0.05) is 35.0 Å². The van der Waals surface area contributed by atoms with Crippen LogP contribution in [0.4, 0.5) is 5.69 Å². The fourth-order valence-corrected chi connectivity index (χ4v) is 4.85. The van der Waals surface area contributed by atoms with Crippen LogP contribution in [-0.4, -0.2) is 50.6 Å². The molecule has 0 atom stereocenters. The molecule has 2 amide bonds. The minimum Gasteiger partial charge on any atom is -0.379 e. The van der Waals surface area contributed by atoms with Crippen LogP contribution in [0.25, 0.3) is 5.82 Å². The zero-order chi connectivity index (χ0) is 25.3. The Morgan fingerprint density at radius 1 is 1.17 bits per heavy atom. The first kappa shape index (κ1) is 25.5.